The summed E-state index contributed by atoms with van der Waals surface area (Å²) >= 11 is 0. The lowest BCUT2D eigenvalue weighted by atomic mass is 10.1. The number of carbonyl (C=O) groups is 1. The first-order valence-corrected chi connectivity index (χ1v) is 5.45. The Bertz CT molecular complexity index is 423. The van der Waals surface area contributed by atoms with Gasteiger partial charge in [0.15, 0.2) is 6.04 Å². The fourth-order valence-corrected chi connectivity index (χ4v) is 1.60. The Morgan fingerprint density at radius 2 is 1.94 bits per heavy atom. The molecule has 0 spiro atoms. The van der Waals surface area contributed by atoms with Crippen LogP contribution in [0.5, 0.6) is 0 Å². The highest BCUT2D eigenvalue weighted by atomic mass is 32.2. The van der Waals surface area contributed by atoms with E-state index in [0.29, 0.717) is 5.56 Å². The molecule has 0 saturated carbocycles. The number of benzene rings is 1. The molecule has 0 fully saturated rings. The number of thiol groups is 1. The van der Waals surface area contributed by atoms with Crippen LogP contribution in [0.1, 0.15) is 11.6 Å². The zero-order chi connectivity index (χ0) is 12.1. The summed E-state index contributed by atoms with van der Waals surface area (Å²) in [5.74, 6) is -1.19. The number of hydrogen-bond donors (Lipinski definition) is 2. The van der Waals surface area contributed by atoms with Crippen LogP contribution >= 0.6 is 0 Å². The second kappa shape index (κ2) is 5.59. The smallest absolute Gasteiger partial charge is 0.327 e. The zero-order valence-corrected chi connectivity index (χ0v) is 9.33. The Labute approximate surface area is 94.2 Å². The van der Waals surface area contributed by atoms with E-state index in [2.05, 4.69) is 4.28 Å². The minimum atomic E-state index is -3.12. The summed E-state index contributed by atoms with van der Waals surface area (Å²) < 4.78 is 25.0. The highest BCUT2D eigenvalue weighted by molar-refractivity contribution is 7.67. The Balaban J connectivity index is 2.96. The lowest BCUT2D eigenvalue weighted by Crippen LogP contribution is -2.30. The number of aliphatic carboxylic acids is 1. The first kappa shape index (κ1) is 12.6. The van der Waals surface area contributed by atoms with Crippen molar-refractivity contribution < 1.29 is 22.6 Å². The third-order valence-corrected chi connectivity index (χ3v) is 2.30. The van der Waals surface area contributed by atoms with Crippen molar-refractivity contribution >= 4 is 17.0 Å². The van der Waals surface area contributed by atoms with Gasteiger partial charge in [0.05, 0.1) is 0 Å². The lowest BCUT2D eigenvalue weighted by Gasteiger charge is -2.20. The average Bonchev–Trinajstić information content (AvgIpc) is 2.17. The maximum Gasteiger partial charge on any atom is 0.327 e. The normalized spacial score (nSPS) is 12.9. The lowest BCUT2D eigenvalue weighted by molar-refractivity contribution is -0.155. The van der Waals surface area contributed by atoms with E-state index in [0.717, 1.165) is 5.06 Å². The zero-order valence-electron chi connectivity index (χ0n) is 8.44. The molecule has 0 aliphatic carbocycles. The van der Waals surface area contributed by atoms with Crippen molar-refractivity contribution in [2.45, 2.75) is 6.04 Å². The van der Waals surface area contributed by atoms with Crippen LogP contribution in [0.2, 0.25) is 0 Å². The van der Waals surface area contributed by atoms with Gasteiger partial charge in [-0.1, -0.05) is 30.3 Å². The van der Waals surface area contributed by atoms with E-state index in [1.807, 2.05) is 0 Å². The van der Waals surface area contributed by atoms with E-state index < -0.39 is 23.0 Å². The molecule has 0 saturated heterocycles. The van der Waals surface area contributed by atoms with E-state index in [-0.39, 0.29) is 0 Å². The van der Waals surface area contributed by atoms with Gasteiger partial charge in [-0.15, -0.1) is 0 Å². The van der Waals surface area contributed by atoms with E-state index in [9.17, 15) is 13.2 Å². The number of rotatable bonds is 5. The van der Waals surface area contributed by atoms with Gasteiger partial charge in [-0.25, -0.2) is 8.42 Å². The number of carboxylic acids is 1. The first-order valence-electron chi connectivity index (χ1n) is 4.35. The van der Waals surface area contributed by atoms with E-state index >= 15 is 0 Å². The number of hydrogen-bond acceptors (Lipinski definition) is 5. The molecule has 0 aliphatic heterocycles. The summed E-state index contributed by atoms with van der Waals surface area (Å²) in [4.78, 5) is 11.0. The summed E-state index contributed by atoms with van der Waals surface area (Å²) in [6.07, 6.45) is 0. The molecule has 0 amide bonds. The van der Waals surface area contributed by atoms with Crippen molar-refractivity contribution in [1.29, 1.82) is 0 Å². The van der Waals surface area contributed by atoms with Crippen LogP contribution in [0.3, 0.4) is 0 Å². The van der Waals surface area contributed by atoms with Crippen LogP contribution in [-0.2, 0) is 20.1 Å². The molecule has 1 atom stereocenters. The van der Waals surface area contributed by atoms with Crippen LogP contribution in [0.15, 0.2) is 30.3 Å². The number of nitrogens with zero attached hydrogens (tertiary/aromatic N) is 1. The molecule has 0 bridgehead atoms. The van der Waals surface area contributed by atoms with Crippen LogP contribution in [-0.4, -0.2) is 31.6 Å². The predicted molar refractivity (Wildman–Crippen MR) is 56.0 cm³/mol. The van der Waals surface area contributed by atoms with Gasteiger partial charge in [0.2, 0.25) is 0 Å². The molecule has 1 N–H and O–H groups in total. The van der Waals surface area contributed by atoms with Crippen LogP contribution in [0.25, 0.3) is 0 Å². The topological polar surface area (TPSA) is 83.9 Å². The highest BCUT2D eigenvalue weighted by Gasteiger charge is 2.26. The van der Waals surface area contributed by atoms with Crippen molar-refractivity contribution in [2.75, 3.05) is 7.05 Å². The summed E-state index contributed by atoms with van der Waals surface area (Å²) in [6.45, 7) is 0. The maximum absolute atomic E-state index is 11.0. The van der Waals surface area contributed by atoms with Crippen molar-refractivity contribution in [1.82, 2.24) is 5.06 Å². The monoisotopic (exact) mass is 245 g/mol. The molecular weight excluding hydrogens is 234 g/mol. The summed E-state index contributed by atoms with van der Waals surface area (Å²) in [7, 11) is -1.88. The molecule has 7 heteroatoms. The van der Waals surface area contributed by atoms with Crippen LogP contribution in [0, 0.1) is 0 Å². The van der Waals surface area contributed by atoms with Gasteiger partial charge in [0, 0.05) is 7.05 Å². The molecule has 0 radical (unpaired) electrons. The van der Waals surface area contributed by atoms with E-state index in [4.69, 9.17) is 5.11 Å². The predicted octanol–water partition coefficient (Wildman–Crippen LogP) is 0.202. The third-order valence-electron chi connectivity index (χ3n) is 1.91. The minimum absolute atomic E-state index is 0.439. The molecule has 6 nitrogen and oxygen atoms in total. The van der Waals surface area contributed by atoms with Gasteiger partial charge in [-0.05, 0) is 5.56 Å². The second-order valence-electron chi connectivity index (χ2n) is 3.00. The van der Waals surface area contributed by atoms with Crippen molar-refractivity contribution in [3.63, 3.8) is 0 Å². The van der Waals surface area contributed by atoms with Crippen molar-refractivity contribution in [3.8, 4) is 0 Å². The number of hydroxylamine groups is 2. The van der Waals surface area contributed by atoms with Gasteiger partial charge in [0.1, 0.15) is 0 Å². The van der Waals surface area contributed by atoms with Crippen molar-refractivity contribution in [2.24, 2.45) is 0 Å². The maximum atomic E-state index is 11.0. The van der Waals surface area contributed by atoms with Gasteiger partial charge in [0.25, 0.3) is 11.0 Å². The average molecular weight is 245 g/mol. The third kappa shape index (κ3) is 3.30. The van der Waals surface area contributed by atoms with Gasteiger partial charge < -0.3 is 5.11 Å². The summed E-state index contributed by atoms with van der Waals surface area (Å²) in [5, 5.41) is 9.77. The molecule has 0 heterocycles. The molecular formula is C9H11NO5S. The Morgan fingerprint density at radius 3 is 2.38 bits per heavy atom. The van der Waals surface area contributed by atoms with Gasteiger partial charge in [-0.2, -0.15) is 9.35 Å². The largest absolute Gasteiger partial charge is 0.480 e. The van der Waals surface area contributed by atoms with Gasteiger partial charge >= 0.3 is 5.97 Å². The molecule has 88 valence electrons. The van der Waals surface area contributed by atoms with Crippen LogP contribution < -0.4 is 0 Å². The Kier molecular flexibility index (Phi) is 4.41. The SMILES string of the molecule is CN(O[SH](=O)=O)C(C(=O)O)c1ccccc1. The Hall–Kier alpha value is -1.44. The van der Waals surface area contributed by atoms with Gasteiger partial charge in [-0.3, -0.25) is 4.79 Å². The highest BCUT2D eigenvalue weighted by Crippen LogP contribution is 2.19. The molecule has 0 aliphatic rings. The van der Waals surface area contributed by atoms with E-state index in [1.165, 1.54) is 7.05 Å². The minimum Gasteiger partial charge on any atom is -0.480 e. The second-order valence-corrected chi connectivity index (χ2v) is 3.61. The Morgan fingerprint density at radius 1 is 1.38 bits per heavy atom. The molecule has 1 aromatic carbocycles. The molecule has 1 rings (SSSR count). The molecule has 16 heavy (non-hydrogen) atoms. The molecule has 1 aromatic rings. The number of carboxylic acid groups (broad SMARTS) is 1. The fourth-order valence-electron chi connectivity index (χ4n) is 1.30. The molecule has 0 aromatic heterocycles. The number of likely N-dealkylation sites (N-methyl/N-ethyl adjacent to an activating group) is 1. The van der Waals surface area contributed by atoms with E-state index in [1.54, 1.807) is 30.3 Å². The standard InChI is InChI=1S/C9H11NO5S/c1-10(15-16(13)14)8(9(11)12)7-5-3-2-4-6-7/h2-6,8,16H,1H3,(H,11,12). The summed E-state index contributed by atoms with van der Waals surface area (Å²) in [5.41, 5.74) is 0.439. The summed E-state index contributed by atoms with van der Waals surface area (Å²) in [6, 6.07) is 7.06. The van der Waals surface area contributed by atoms with Crippen molar-refractivity contribution in [3.05, 3.63) is 35.9 Å². The fraction of sp³-hybridized carbons (Fsp3) is 0.222. The quantitative estimate of drug-likeness (QED) is 0.569. The van der Waals surface area contributed by atoms with Crippen LogP contribution in [0.4, 0.5) is 0 Å². The first-order chi connectivity index (χ1) is 7.52. The molecule has 1 unspecified atom stereocenters.